The molecule has 15 heavy (non-hydrogen) atoms. The summed E-state index contributed by atoms with van der Waals surface area (Å²) in [4.78, 5) is 0. The van der Waals surface area contributed by atoms with Gasteiger partial charge in [-0.05, 0) is 30.9 Å². The second-order valence-electron chi connectivity index (χ2n) is 3.96. The molecule has 4 heteroatoms. The van der Waals surface area contributed by atoms with E-state index in [1.165, 1.54) is 6.07 Å². The zero-order chi connectivity index (χ0) is 11.0. The Labute approximate surface area is 86.7 Å². The molecule has 2 nitrogen and oxygen atoms in total. The summed E-state index contributed by atoms with van der Waals surface area (Å²) in [6.45, 7) is 0. The number of halogens is 2. The Balaban J connectivity index is 2.53. The maximum absolute atomic E-state index is 13.5. The first-order chi connectivity index (χ1) is 7.09. The number of nitrogens with two attached hydrogens (primary N) is 1. The van der Waals surface area contributed by atoms with Crippen LogP contribution in [0.2, 0.25) is 0 Å². The van der Waals surface area contributed by atoms with Gasteiger partial charge in [0.1, 0.15) is 11.6 Å². The van der Waals surface area contributed by atoms with Gasteiger partial charge in [-0.15, -0.1) is 0 Å². The molecule has 0 heterocycles. The maximum atomic E-state index is 13.5. The molecule has 1 aromatic rings. The Hall–Kier alpha value is -1.00. The molecule has 1 aromatic carbocycles. The third-order valence-electron chi connectivity index (χ3n) is 2.86. The van der Waals surface area contributed by atoms with E-state index < -0.39 is 23.8 Å². The quantitative estimate of drug-likeness (QED) is 0.644. The van der Waals surface area contributed by atoms with E-state index in [-0.39, 0.29) is 5.56 Å². The maximum Gasteiger partial charge on any atom is 0.132 e. The molecule has 0 aliphatic heterocycles. The number of benzene rings is 1. The lowest BCUT2D eigenvalue weighted by Gasteiger charge is -2.18. The molecule has 0 unspecified atom stereocenters. The summed E-state index contributed by atoms with van der Waals surface area (Å²) in [6.07, 6.45) is 0.905. The lowest BCUT2D eigenvalue weighted by molar-refractivity contribution is 0.140. The van der Waals surface area contributed by atoms with Crippen LogP contribution in [0.1, 0.15) is 30.1 Å². The molecule has 1 aliphatic rings. The van der Waals surface area contributed by atoms with Crippen LogP contribution in [0, 0.1) is 11.6 Å². The van der Waals surface area contributed by atoms with Crippen molar-refractivity contribution in [3.63, 3.8) is 0 Å². The van der Waals surface area contributed by atoms with Crippen LogP contribution in [0.25, 0.3) is 0 Å². The highest BCUT2D eigenvalue weighted by Gasteiger charge is 2.26. The minimum atomic E-state index is -1.02. The van der Waals surface area contributed by atoms with Gasteiger partial charge in [-0.25, -0.2) is 8.78 Å². The van der Waals surface area contributed by atoms with E-state index >= 15 is 0 Å². The van der Waals surface area contributed by atoms with Gasteiger partial charge in [-0.2, -0.15) is 0 Å². The largest absolute Gasteiger partial charge is 0.387 e. The Kier molecular flexibility index (Phi) is 2.71. The fourth-order valence-electron chi connectivity index (χ4n) is 2.08. The highest BCUT2D eigenvalue weighted by Crippen LogP contribution is 2.30. The third kappa shape index (κ3) is 1.87. The molecule has 0 saturated carbocycles. The van der Waals surface area contributed by atoms with Crippen molar-refractivity contribution in [3.8, 4) is 0 Å². The number of fused-ring (bicyclic) bond motifs is 1. The summed E-state index contributed by atoms with van der Waals surface area (Å²) in [6, 6.07) is 1.60. The summed E-state index contributed by atoms with van der Waals surface area (Å²) in [5.41, 5.74) is 6.39. The van der Waals surface area contributed by atoms with Crippen LogP contribution in [-0.2, 0) is 6.42 Å². The smallest absolute Gasteiger partial charge is 0.132 e. The molecule has 82 valence electrons. The Morgan fingerprint density at radius 3 is 2.80 bits per heavy atom. The van der Waals surface area contributed by atoms with E-state index in [2.05, 4.69) is 0 Å². The Morgan fingerprint density at radius 2 is 2.07 bits per heavy atom. The van der Waals surface area contributed by atoms with Crippen LogP contribution >= 0.6 is 0 Å². The fraction of sp³-hybridized carbons (Fsp3) is 0.455. The van der Waals surface area contributed by atoms with Crippen molar-refractivity contribution in [2.24, 2.45) is 5.73 Å². The molecule has 0 bridgehead atoms. The third-order valence-corrected chi connectivity index (χ3v) is 2.86. The number of aryl methyl sites for hydroxylation is 1. The summed E-state index contributed by atoms with van der Waals surface area (Å²) in [5.74, 6) is -1.30. The predicted octanol–water partition coefficient (Wildman–Crippen LogP) is 1.66. The minimum absolute atomic E-state index is 0.168. The molecular formula is C11H13F2NO. The number of hydrogen-bond acceptors (Lipinski definition) is 2. The number of aliphatic hydroxyl groups excluding tert-OH is 1. The van der Waals surface area contributed by atoms with Crippen LogP contribution in [0.5, 0.6) is 0 Å². The second-order valence-corrected chi connectivity index (χ2v) is 3.96. The Morgan fingerprint density at radius 1 is 1.33 bits per heavy atom. The van der Waals surface area contributed by atoms with E-state index in [1.807, 2.05) is 0 Å². The zero-order valence-corrected chi connectivity index (χ0v) is 8.21. The SMILES string of the molecule is N[C@H]1CCCc2cc(F)cc(F)c2[C@H]1O. The summed E-state index contributed by atoms with van der Waals surface area (Å²) in [7, 11) is 0. The van der Waals surface area contributed by atoms with E-state index in [4.69, 9.17) is 5.73 Å². The van der Waals surface area contributed by atoms with Crippen molar-refractivity contribution in [3.05, 3.63) is 34.9 Å². The highest BCUT2D eigenvalue weighted by atomic mass is 19.1. The normalized spacial score (nSPS) is 25.9. The van der Waals surface area contributed by atoms with Crippen molar-refractivity contribution >= 4 is 0 Å². The average Bonchev–Trinajstić information content (AvgIpc) is 2.27. The molecule has 0 fully saturated rings. The van der Waals surface area contributed by atoms with Crippen LogP contribution in [0.3, 0.4) is 0 Å². The van der Waals surface area contributed by atoms with Gasteiger partial charge < -0.3 is 10.8 Å². The first-order valence-electron chi connectivity index (χ1n) is 5.01. The van der Waals surface area contributed by atoms with Crippen molar-refractivity contribution < 1.29 is 13.9 Å². The molecule has 2 atom stereocenters. The fourth-order valence-corrected chi connectivity index (χ4v) is 2.08. The first kappa shape index (κ1) is 10.5. The van der Waals surface area contributed by atoms with Crippen molar-refractivity contribution in [2.75, 3.05) is 0 Å². The van der Waals surface area contributed by atoms with E-state index in [9.17, 15) is 13.9 Å². The molecule has 0 radical (unpaired) electrons. The lowest BCUT2D eigenvalue weighted by atomic mass is 9.98. The summed E-state index contributed by atoms with van der Waals surface area (Å²) < 4.78 is 26.4. The summed E-state index contributed by atoms with van der Waals surface area (Å²) >= 11 is 0. The standard InChI is InChI=1S/C11H13F2NO/c12-7-4-6-2-1-3-9(14)11(15)10(6)8(13)5-7/h4-5,9,11,15H,1-3,14H2/t9-,11-/m0/s1. The lowest BCUT2D eigenvalue weighted by Crippen LogP contribution is -2.28. The van der Waals surface area contributed by atoms with Crippen LogP contribution < -0.4 is 5.73 Å². The van der Waals surface area contributed by atoms with Gasteiger partial charge in [0.05, 0.1) is 6.10 Å². The van der Waals surface area contributed by atoms with E-state index in [0.717, 1.165) is 12.5 Å². The first-order valence-corrected chi connectivity index (χ1v) is 5.01. The zero-order valence-electron chi connectivity index (χ0n) is 8.21. The number of hydrogen-bond donors (Lipinski definition) is 2. The van der Waals surface area contributed by atoms with Crippen LogP contribution in [-0.4, -0.2) is 11.1 Å². The van der Waals surface area contributed by atoms with Gasteiger partial charge in [0.15, 0.2) is 0 Å². The van der Waals surface area contributed by atoms with Gasteiger partial charge in [-0.1, -0.05) is 0 Å². The molecular weight excluding hydrogens is 200 g/mol. The van der Waals surface area contributed by atoms with Gasteiger partial charge >= 0.3 is 0 Å². The van der Waals surface area contributed by atoms with Crippen molar-refractivity contribution in [1.82, 2.24) is 0 Å². The van der Waals surface area contributed by atoms with E-state index in [0.29, 0.717) is 18.4 Å². The van der Waals surface area contributed by atoms with Gasteiger partial charge in [0.25, 0.3) is 0 Å². The van der Waals surface area contributed by atoms with Gasteiger partial charge in [0.2, 0.25) is 0 Å². The second kappa shape index (κ2) is 3.87. The molecule has 0 spiro atoms. The summed E-state index contributed by atoms with van der Waals surface area (Å²) in [5, 5.41) is 9.79. The minimum Gasteiger partial charge on any atom is -0.387 e. The van der Waals surface area contributed by atoms with Crippen molar-refractivity contribution in [1.29, 1.82) is 0 Å². The number of aliphatic hydroxyl groups is 1. The monoisotopic (exact) mass is 213 g/mol. The number of rotatable bonds is 0. The molecule has 0 saturated heterocycles. The van der Waals surface area contributed by atoms with Gasteiger partial charge in [0, 0.05) is 17.7 Å². The van der Waals surface area contributed by atoms with E-state index in [1.54, 1.807) is 0 Å². The molecule has 1 aliphatic carbocycles. The molecule has 2 rings (SSSR count). The van der Waals surface area contributed by atoms with Gasteiger partial charge in [-0.3, -0.25) is 0 Å². The molecule has 3 N–H and O–H groups in total. The highest BCUT2D eigenvalue weighted by molar-refractivity contribution is 5.33. The van der Waals surface area contributed by atoms with Crippen LogP contribution in [0.15, 0.2) is 12.1 Å². The Bertz CT molecular complexity index is 381. The topological polar surface area (TPSA) is 46.2 Å². The average molecular weight is 213 g/mol. The molecule has 0 amide bonds. The van der Waals surface area contributed by atoms with Crippen molar-refractivity contribution in [2.45, 2.75) is 31.4 Å². The predicted molar refractivity (Wildman–Crippen MR) is 52.2 cm³/mol. The molecule has 0 aromatic heterocycles. The van der Waals surface area contributed by atoms with Crippen LogP contribution in [0.4, 0.5) is 8.78 Å².